The molecule has 0 saturated heterocycles. The second-order valence-electron chi connectivity index (χ2n) is 8.53. The van der Waals surface area contributed by atoms with Crippen LogP contribution in [0.15, 0.2) is 60.7 Å². The van der Waals surface area contributed by atoms with E-state index in [4.69, 9.17) is 0 Å². The third kappa shape index (κ3) is 6.29. The number of benzene rings is 2. The zero-order chi connectivity index (χ0) is 24.8. The van der Waals surface area contributed by atoms with Gasteiger partial charge >= 0.3 is 0 Å². The summed E-state index contributed by atoms with van der Waals surface area (Å²) in [5.41, 5.74) is 1.57. The molecule has 0 aliphatic heterocycles. The predicted molar refractivity (Wildman–Crippen MR) is 134 cm³/mol. The summed E-state index contributed by atoms with van der Waals surface area (Å²) in [6.07, 6.45) is 0. The number of hydrogen-bond donors (Lipinski definition) is 0. The zero-order valence-electron chi connectivity index (χ0n) is 19.9. The van der Waals surface area contributed by atoms with Gasteiger partial charge in [-0.15, -0.1) is 11.3 Å². The van der Waals surface area contributed by atoms with Gasteiger partial charge in [0, 0.05) is 39.5 Å². The maximum absolute atomic E-state index is 13.5. The smallest absolute Gasteiger partial charge is 0.273 e. The Morgan fingerprint density at radius 3 is 2.29 bits per heavy atom. The Kier molecular flexibility index (Phi) is 8.17. The summed E-state index contributed by atoms with van der Waals surface area (Å²) in [5.74, 6) is -0.586. The normalized spacial score (nSPS) is 10.9. The number of nitrogens with zero attached hydrogens (tertiary/aromatic N) is 3. The standard InChI is InChI=1S/C26H29N3O4S/c1-18(2)28(26(31)22-12-10-19(3)24(14-22)29(32)33)17-25(30)27(15-21-8-6-5-7-9-21)16-23-13-11-20(4)34-23/h5-14,18H,15-17H2,1-4H3. The van der Waals surface area contributed by atoms with Gasteiger partial charge in [0.05, 0.1) is 11.5 Å². The highest BCUT2D eigenvalue weighted by Crippen LogP contribution is 2.22. The minimum Gasteiger partial charge on any atom is -0.332 e. The Morgan fingerprint density at radius 2 is 1.71 bits per heavy atom. The molecular weight excluding hydrogens is 450 g/mol. The summed E-state index contributed by atoms with van der Waals surface area (Å²) < 4.78 is 0. The van der Waals surface area contributed by atoms with Crippen molar-refractivity contribution in [3.05, 3.63) is 97.2 Å². The second kappa shape index (κ2) is 11.1. The second-order valence-corrected chi connectivity index (χ2v) is 9.91. The molecule has 0 aliphatic rings. The Labute approximate surface area is 203 Å². The lowest BCUT2D eigenvalue weighted by Crippen LogP contribution is -2.45. The van der Waals surface area contributed by atoms with Gasteiger partial charge < -0.3 is 9.80 Å². The Bertz CT molecular complexity index is 1170. The van der Waals surface area contributed by atoms with Gasteiger partial charge in [-0.3, -0.25) is 19.7 Å². The fourth-order valence-electron chi connectivity index (χ4n) is 3.63. The number of aryl methyl sites for hydroxylation is 2. The third-order valence-electron chi connectivity index (χ3n) is 5.55. The Hall–Kier alpha value is -3.52. The summed E-state index contributed by atoms with van der Waals surface area (Å²) in [4.78, 5) is 43.0. The SMILES string of the molecule is Cc1ccc(CN(Cc2ccccc2)C(=O)CN(C(=O)c2ccc(C)c([N+](=O)[O-])c2)C(C)C)s1. The van der Waals surface area contributed by atoms with Crippen molar-refractivity contribution in [3.8, 4) is 0 Å². The molecular formula is C26H29N3O4S. The molecule has 2 aromatic carbocycles. The number of carbonyl (C=O) groups is 2. The molecule has 1 aromatic heterocycles. The van der Waals surface area contributed by atoms with Crippen LogP contribution in [-0.2, 0) is 17.9 Å². The van der Waals surface area contributed by atoms with Gasteiger partial charge in [-0.2, -0.15) is 0 Å². The number of carbonyl (C=O) groups excluding carboxylic acids is 2. The lowest BCUT2D eigenvalue weighted by Gasteiger charge is -2.30. The van der Waals surface area contributed by atoms with Crippen LogP contribution in [0.2, 0.25) is 0 Å². The molecule has 3 rings (SSSR count). The van der Waals surface area contributed by atoms with Crippen LogP contribution in [0.25, 0.3) is 0 Å². The van der Waals surface area contributed by atoms with Gasteiger partial charge in [0.1, 0.15) is 6.54 Å². The monoisotopic (exact) mass is 479 g/mol. The predicted octanol–water partition coefficient (Wildman–Crippen LogP) is 5.35. The minimum absolute atomic E-state index is 0.111. The third-order valence-corrected chi connectivity index (χ3v) is 6.54. The summed E-state index contributed by atoms with van der Waals surface area (Å²) in [5, 5.41) is 11.3. The summed E-state index contributed by atoms with van der Waals surface area (Å²) >= 11 is 1.64. The zero-order valence-corrected chi connectivity index (χ0v) is 20.7. The van der Waals surface area contributed by atoms with Crippen LogP contribution in [0.1, 0.15) is 45.1 Å². The maximum atomic E-state index is 13.5. The molecule has 2 amide bonds. The molecule has 0 spiro atoms. The molecule has 0 bridgehead atoms. The molecule has 7 nitrogen and oxygen atoms in total. The molecule has 0 unspecified atom stereocenters. The van der Waals surface area contributed by atoms with Crippen molar-refractivity contribution in [2.75, 3.05) is 6.54 Å². The van der Waals surface area contributed by atoms with Gasteiger partial charge in [0.2, 0.25) is 5.91 Å². The van der Waals surface area contributed by atoms with Crippen LogP contribution >= 0.6 is 11.3 Å². The molecule has 3 aromatic rings. The van der Waals surface area contributed by atoms with Gasteiger partial charge in [-0.05, 0) is 51.5 Å². The van der Waals surface area contributed by atoms with Crippen LogP contribution in [-0.4, -0.2) is 39.1 Å². The number of thiophene rings is 1. The van der Waals surface area contributed by atoms with Crippen LogP contribution in [0, 0.1) is 24.0 Å². The first-order chi connectivity index (χ1) is 16.2. The number of hydrogen-bond acceptors (Lipinski definition) is 5. The van der Waals surface area contributed by atoms with E-state index < -0.39 is 10.8 Å². The van der Waals surface area contributed by atoms with Crippen LogP contribution in [0.3, 0.4) is 0 Å². The van der Waals surface area contributed by atoms with Gasteiger partial charge in [0.15, 0.2) is 0 Å². The highest BCUT2D eigenvalue weighted by atomic mass is 32.1. The molecule has 1 heterocycles. The number of rotatable bonds is 9. The van der Waals surface area contributed by atoms with E-state index >= 15 is 0 Å². The summed E-state index contributed by atoms with van der Waals surface area (Å²) in [6, 6.07) is 17.9. The Balaban J connectivity index is 1.84. The van der Waals surface area contributed by atoms with Crippen molar-refractivity contribution < 1.29 is 14.5 Å². The van der Waals surface area contributed by atoms with Gasteiger partial charge in [-0.25, -0.2) is 0 Å². The largest absolute Gasteiger partial charge is 0.332 e. The molecule has 0 atom stereocenters. The molecule has 34 heavy (non-hydrogen) atoms. The number of nitro groups is 1. The summed E-state index contributed by atoms with van der Waals surface area (Å²) in [7, 11) is 0. The van der Waals surface area contributed by atoms with Crippen molar-refractivity contribution >= 4 is 28.8 Å². The Morgan fingerprint density at radius 1 is 1.00 bits per heavy atom. The van der Waals surface area contributed by atoms with Crippen molar-refractivity contribution in [2.45, 2.75) is 46.8 Å². The van der Waals surface area contributed by atoms with Crippen LogP contribution < -0.4 is 0 Å². The van der Waals surface area contributed by atoms with Crippen molar-refractivity contribution in [3.63, 3.8) is 0 Å². The van der Waals surface area contributed by atoms with E-state index in [1.165, 1.54) is 15.8 Å². The van der Waals surface area contributed by atoms with E-state index in [0.29, 0.717) is 18.7 Å². The van der Waals surface area contributed by atoms with Crippen molar-refractivity contribution in [2.24, 2.45) is 0 Å². The average molecular weight is 480 g/mol. The summed E-state index contributed by atoms with van der Waals surface area (Å²) in [6.45, 7) is 8.07. The fourth-order valence-corrected chi connectivity index (χ4v) is 4.54. The van der Waals surface area contributed by atoms with E-state index in [2.05, 4.69) is 0 Å². The molecule has 0 aliphatic carbocycles. The van der Waals surface area contributed by atoms with Gasteiger partial charge in [-0.1, -0.05) is 36.4 Å². The molecule has 0 radical (unpaired) electrons. The molecule has 8 heteroatoms. The lowest BCUT2D eigenvalue weighted by atomic mass is 10.1. The van der Waals surface area contributed by atoms with E-state index in [9.17, 15) is 19.7 Å². The average Bonchev–Trinajstić information content (AvgIpc) is 3.21. The molecule has 0 saturated carbocycles. The fraction of sp³-hybridized carbons (Fsp3) is 0.308. The van der Waals surface area contributed by atoms with Crippen molar-refractivity contribution in [1.82, 2.24) is 9.80 Å². The number of amides is 2. The first-order valence-corrected chi connectivity index (χ1v) is 11.9. The molecule has 0 fully saturated rings. The maximum Gasteiger partial charge on any atom is 0.273 e. The van der Waals surface area contributed by atoms with E-state index in [0.717, 1.165) is 10.4 Å². The van der Waals surface area contributed by atoms with Crippen LogP contribution in [0.5, 0.6) is 0 Å². The number of nitro benzene ring substituents is 1. The molecule has 0 N–H and O–H groups in total. The van der Waals surface area contributed by atoms with E-state index in [1.807, 2.05) is 63.2 Å². The van der Waals surface area contributed by atoms with Crippen molar-refractivity contribution in [1.29, 1.82) is 0 Å². The van der Waals surface area contributed by atoms with Crippen LogP contribution in [0.4, 0.5) is 5.69 Å². The highest BCUT2D eigenvalue weighted by molar-refractivity contribution is 7.11. The van der Waals surface area contributed by atoms with E-state index in [-0.39, 0.29) is 29.7 Å². The van der Waals surface area contributed by atoms with E-state index in [1.54, 1.807) is 35.3 Å². The first kappa shape index (κ1) is 25.1. The lowest BCUT2D eigenvalue weighted by molar-refractivity contribution is -0.385. The first-order valence-electron chi connectivity index (χ1n) is 11.1. The quantitative estimate of drug-likeness (QED) is 0.306. The van der Waals surface area contributed by atoms with Gasteiger partial charge in [0.25, 0.3) is 11.6 Å². The topological polar surface area (TPSA) is 83.8 Å². The minimum atomic E-state index is -0.498. The molecule has 178 valence electrons. The highest BCUT2D eigenvalue weighted by Gasteiger charge is 2.26.